The molecule has 0 bridgehead atoms. The Morgan fingerprint density at radius 3 is 2.91 bits per heavy atom. The van der Waals surface area contributed by atoms with Gasteiger partial charge >= 0.3 is 0 Å². The minimum Gasteiger partial charge on any atom is -0.370 e. The van der Waals surface area contributed by atoms with Crippen LogP contribution in [0.4, 0.5) is 5.69 Å². The first-order valence-corrected chi connectivity index (χ1v) is 8.13. The first-order chi connectivity index (χ1) is 10.7. The third kappa shape index (κ3) is 6.37. The van der Waals surface area contributed by atoms with Crippen LogP contribution in [0.5, 0.6) is 0 Å². The molecule has 2 rings (SSSR count). The van der Waals surface area contributed by atoms with Crippen molar-refractivity contribution in [2.24, 2.45) is 10.7 Å². The topological polar surface area (TPSA) is 79.5 Å². The maximum Gasteiger partial charge on any atom is 0.225 e. The van der Waals surface area contributed by atoms with Crippen molar-refractivity contribution < 1.29 is 4.79 Å². The molecule has 1 heterocycles. The second-order valence-corrected chi connectivity index (χ2v) is 5.75. The number of para-hydroxylation sites is 1. The third-order valence-corrected chi connectivity index (χ3v) is 3.92. The number of anilines is 1. The molecule has 5 nitrogen and oxygen atoms in total. The van der Waals surface area contributed by atoms with Crippen molar-refractivity contribution in [3.05, 3.63) is 29.8 Å². The average Bonchev–Trinajstić information content (AvgIpc) is 2.52. The Bertz CT molecular complexity index is 533. The van der Waals surface area contributed by atoms with Gasteiger partial charge in [0.05, 0.1) is 6.54 Å². The quantitative estimate of drug-likeness (QED) is 0.269. The molecule has 23 heavy (non-hydrogen) atoms. The molecule has 0 aromatic heterocycles. The number of hydrogen-bond acceptors (Lipinski definition) is 2. The van der Waals surface area contributed by atoms with Crippen LogP contribution < -0.4 is 16.4 Å². The van der Waals surface area contributed by atoms with Crippen LogP contribution >= 0.6 is 24.0 Å². The Morgan fingerprint density at radius 1 is 1.35 bits per heavy atom. The number of nitrogens with two attached hydrogens (primary N) is 1. The van der Waals surface area contributed by atoms with Crippen LogP contribution in [0.3, 0.4) is 0 Å². The van der Waals surface area contributed by atoms with Gasteiger partial charge < -0.3 is 16.4 Å². The lowest BCUT2D eigenvalue weighted by atomic mass is 9.91. The molecule has 0 aliphatic carbocycles. The van der Waals surface area contributed by atoms with E-state index in [0.29, 0.717) is 18.9 Å². The van der Waals surface area contributed by atoms with Gasteiger partial charge in [-0.25, -0.2) is 0 Å². The number of nitrogens with zero attached hydrogens (tertiary/aromatic N) is 1. The van der Waals surface area contributed by atoms with Gasteiger partial charge in [-0.3, -0.25) is 9.79 Å². The van der Waals surface area contributed by atoms with Crippen molar-refractivity contribution in [1.29, 1.82) is 0 Å². The molecular formula is C17H27IN4O. The van der Waals surface area contributed by atoms with Crippen LogP contribution in [0.1, 0.15) is 50.5 Å². The fourth-order valence-electron chi connectivity index (χ4n) is 2.70. The van der Waals surface area contributed by atoms with E-state index in [2.05, 4.69) is 22.5 Å². The number of nitrogens with one attached hydrogen (secondary N) is 2. The number of aliphatic imine (C=N–C) groups is 1. The van der Waals surface area contributed by atoms with Crippen molar-refractivity contribution in [3.8, 4) is 0 Å². The summed E-state index contributed by atoms with van der Waals surface area (Å²) in [6, 6.07) is 7.89. The Labute approximate surface area is 155 Å². The van der Waals surface area contributed by atoms with E-state index in [1.165, 1.54) is 19.3 Å². The zero-order valence-corrected chi connectivity index (χ0v) is 16.0. The molecule has 128 valence electrons. The summed E-state index contributed by atoms with van der Waals surface area (Å²) in [6.45, 7) is 3.59. The van der Waals surface area contributed by atoms with Gasteiger partial charge in [-0.1, -0.05) is 44.4 Å². The van der Waals surface area contributed by atoms with Gasteiger partial charge in [0.15, 0.2) is 5.96 Å². The predicted molar refractivity (Wildman–Crippen MR) is 106 cm³/mol. The Kier molecular flexibility index (Phi) is 8.98. The van der Waals surface area contributed by atoms with Crippen molar-refractivity contribution in [2.75, 3.05) is 18.4 Å². The summed E-state index contributed by atoms with van der Waals surface area (Å²) in [5.74, 6) is 0.621. The molecule has 1 aliphatic heterocycles. The number of unbranched alkanes of at least 4 members (excludes halogenated alkanes) is 3. The zero-order valence-electron chi connectivity index (χ0n) is 13.7. The molecule has 0 radical (unpaired) electrons. The van der Waals surface area contributed by atoms with Gasteiger partial charge in [0.25, 0.3) is 0 Å². The third-order valence-electron chi connectivity index (χ3n) is 3.92. The van der Waals surface area contributed by atoms with Crippen LogP contribution in [0.2, 0.25) is 0 Å². The number of carbonyl (C=O) groups excluding carboxylic acids is 1. The summed E-state index contributed by atoms with van der Waals surface area (Å²) < 4.78 is 0. The van der Waals surface area contributed by atoms with Gasteiger partial charge in [0, 0.05) is 24.6 Å². The number of guanidine groups is 1. The van der Waals surface area contributed by atoms with E-state index in [1.807, 2.05) is 24.3 Å². The summed E-state index contributed by atoms with van der Waals surface area (Å²) in [6.07, 6.45) is 5.27. The first-order valence-electron chi connectivity index (χ1n) is 8.13. The van der Waals surface area contributed by atoms with Crippen LogP contribution in [-0.2, 0) is 4.79 Å². The standard InChI is InChI=1S/C17H26N4O.HI/c1-2-3-4-7-10-19-17(18)20-12-13-11-16(22)21-15-9-6-5-8-14(13)15;/h5-6,8-9,13H,2-4,7,10-12H2,1H3,(H,21,22)(H3,18,19,20);1H. The molecule has 1 unspecified atom stereocenters. The summed E-state index contributed by atoms with van der Waals surface area (Å²) in [5.41, 5.74) is 7.93. The largest absolute Gasteiger partial charge is 0.370 e. The molecule has 1 aromatic rings. The second kappa shape index (κ2) is 10.5. The molecule has 0 fully saturated rings. The Balaban J connectivity index is 0.00000264. The van der Waals surface area contributed by atoms with Gasteiger partial charge in [-0.2, -0.15) is 0 Å². The molecule has 0 saturated heterocycles. The van der Waals surface area contributed by atoms with Crippen LogP contribution in [0.15, 0.2) is 29.3 Å². The highest BCUT2D eigenvalue weighted by Crippen LogP contribution is 2.31. The lowest BCUT2D eigenvalue weighted by molar-refractivity contribution is -0.116. The number of amides is 1. The van der Waals surface area contributed by atoms with Crippen molar-refractivity contribution in [3.63, 3.8) is 0 Å². The van der Waals surface area contributed by atoms with Gasteiger partial charge in [0.1, 0.15) is 0 Å². The van der Waals surface area contributed by atoms with Gasteiger partial charge in [-0.05, 0) is 18.1 Å². The van der Waals surface area contributed by atoms with Crippen LogP contribution in [-0.4, -0.2) is 25.0 Å². The zero-order chi connectivity index (χ0) is 15.8. The molecule has 0 saturated carbocycles. The number of halogens is 1. The minimum atomic E-state index is 0. The normalized spacial score (nSPS) is 17.0. The SMILES string of the molecule is CCCCCCNC(N)=NCC1CC(=O)Nc2ccccc21.I. The summed E-state index contributed by atoms with van der Waals surface area (Å²) in [5, 5.41) is 6.04. The number of carbonyl (C=O) groups is 1. The van der Waals surface area contributed by atoms with Gasteiger partial charge in [0.2, 0.25) is 5.91 Å². The van der Waals surface area contributed by atoms with Crippen LogP contribution in [0.25, 0.3) is 0 Å². The highest BCUT2D eigenvalue weighted by Gasteiger charge is 2.24. The summed E-state index contributed by atoms with van der Waals surface area (Å²) in [4.78, 5) is 16.1. The fraction of sp³-hybridized carbons (Fsp3) is 0.529. The average molecular weight is 430 g/mol. The first kappa shape index (κ1) is 19.7. The Morgan fingerprint density at radius 2 is 2.13 bits per heavy atom. The van der Waals surface area contributed by atoms with Gasteiger partial charge in [-0.15, -0.1) is 24.0 Å². The molecule has 1 aromatic carbocycles. The van der Waals surface area contributed by atoms with Crippen molar-refractivity contribution >= 4 is 41.5 Å². The Hall–Kier alpha value is -1.31. The fourth-order valence-corrected chi connectivity index (χ4v) is 2.70. The molecule has 4 N–H and O–H groups in total. The van der Waals surface area contributed by atoms with E-state index < -0.39 is 0 Å². The number of hydrogen-bond donors (Lipinski definition) is 3. The van der Waals surface area contributed by atoms with E-state index in [1.54, 1.807) is 0 Å². The predicted octanol–water partition coefficient (Wildman–Crippen LogP) is 3.22. The smallest absolute Gasteiger partial charge is 0.225 e. The van der Waals surface area contributed by atoms with Crippen LogP contribution in [0, 0.1) is 0 Å². The number of fused-ring (bicyclic) bond motifs is 1. The molecule has 1 amide bonds. The van der Waals surface area contributed by atoms with E-state index >= 15 is 0 Å². The van der Waals surface area contributed by atoms with Crippen molar-refractivity contribution in [1.82, 2.24) is 5.32 Å². The number of benzene rings is 1. The lowest BCUT2D eigenvalue weighted by Crippen LogP contribution is -2.33. The monoisotopic (exact) mass is 430 g/mol. The molecule has 6 heteroatoms. The highest BCUT2D eigenvalue weighted by molar-refractivity contribution is 14.0. The minimum absolute atomic E-state index is 0. The van der Waals surface area contributed by atoms with Crippen molar-refractivity contribution in [2.45, 2.75) is 44.9 Å². The van der Waals surface area contributed by atoms with E-state index in [4.69, 9.17) is 5.73 Å². The molecule has 1 atom stereocenters. The molecule has 1 aliphatic rings. The maximum atomic E-state index is 11.7. The van der Waals surface area contributed by atoms with E-state index in [-0.39, 0.29) is 35.8 Å². The maximum absolute atomic E-state index is 11.7. The van der Waals surface area contributed by atoms with E-state index in [0.717, 1.165) is 24.2 Å². The molecular weight excluding hydrogens is 403 g/mol. The lowest BCUT2D eigenvalue weighted by Gasteiger charge is -2.24. The summed E-state index contributed by atoms with van der Waals surface area (Å²) in [7, 11) is 0. The number of rotatable bonds is 7. The molecule has 0 spiro atoms. The van der Waals surface area contributed by atoms with E-state index in [9.17, 15) is 4.79 Å². The highest BCUT2D eigenvalue weighted by atomic mass is 127. The summed E-state index contributed by atoms with van der Waals surface area (Å²) >= 11 is 0. The second-order valence-electron chi connectivity index (χ2n) is 5.75.